The fraction of sp³-hybridized carbons (Fsp3) is 0.242. The van der Waals surface area contributed by atoms with E-state index in [0.717, 1.165) is 22.0 Å². The second kappa shape index (κ2) is 10.8. The largest absolute Gasteiger partial charge is 0.274 e. The number of nitrogens with zero attached hydrogens (tertiary/aromatic N) is 2. The van der Waals surface area contributed by atoms with Crippen molar-refractivity contribution in [2.75, 3.05) is 4.67 Å². The Morgan fingerprint density at radius 1 is 0.595 bits per heavy atom. The number of benzene rings is 4. The molecule has 4 aromatic carbocycles. The Bertz CT molecular complexity index is 1280. The van der Waals surface area contributed by atoms with Crippen LogP contribution in [0.2, 0.25) is 0 Å². The zero-order valence-electron chi connectivity index (χ0n) is 22.7. The lowest BCUT2D eigenvalue weighted by Crippen LogP contribution is -2.33. The molecule has 0 atom stereocenters. The monoisotopic (exact) mass is 527 g/mol. The summed E-state index contributed by atoms with van der Waals surface area (Å²) in [6, 6.07) is 38.0. The predicted molar refractivity (Wildman–Crippen MR) is 166 cm³/mol. The standard InChI is InChI=1S/C33H37ClN2P/c1-32(2,3)26-17-21-28(22-18-26)35-25-36(29-23-19-27(20-24-29)33(4,5)6)37(34,30-13-9-7-10-14-30)31-15-11-8-12-16-31/h7-25H,1-6H3/q+1. The van der Waals surface area contributed by atoms with Crippen molar-refractivity contribution < 1.29 is 0 Å². The van der Waals surface area contributed by atoms with E-state index in [4.69, 9.17) is 16.2 Å². The Morgan fingerprint density at radius 2 is 1.00 bits per heavy atom. The highest BCUT2D eigenvalue weighted by Crippen LogP contribution is 2.65. The zero-order valence-corrected chi connectivity index (χ0v) is 24.3. The van der Waals surface area contributed by atoms with Gasteiger partial charge in [0.15, 0.2) is 0 Å². The van der Waals surface area contributed by atoms with E-state index in [2.05, 4.69) is 143 Å². The van der Waals surface area contributed by atoms with Crippen LogP contribution in [-0.4, -0.2) is 6.34 Å². The predicted octanol–water partition coefficient (Wildman–Crippen LogP) is 9.19. The molecule has 0 saturated heterocycles. The van der Waals surface area contributed by atoms with Crippen LogP contribution in [0.5, 0.6) is 0 Å². The minimum absolute atomic E-state index is 0.0678. The van der Waals surface area contributed by atoms with Gasteiger partial charge in [-0.05, 0) is 70.5 Å². The van der Waals surface area contributed by atoms with E-state index in [1.54, 1.807) is 0 Å². The quantitative estimate of drug-likeness (QED) is 0.139. The number of anilines is 1. The van der Waals surface area contributed by atoms with Gasteiger partial charge in [0.05, 0.1) is 11.4 Å². The van der Waals surface area contributed by atoms with Crippen LogP contribution < -0.4 is 15.3 Å². The van der Waals surface area contributed by atoms with Crippen LogP contribution in [-0.2, 0) is 10.8 Å². The van der Waals surface area contributed by atoms with Gasteiger partial charge in [-0.1, -0.05) is 102 Å². The molecule has 4 rings (SSSR count). The highest BCUT2D eigenvalue weighted by atomic mass is 35.7. The maximum Gasteiger partial charge on any atom is 0.274 e. The maximum atomic E-state index is 7.82. The summed E-state index contributed by atoms with van der Waals surface area (Å²) in [6.07, 6.45) is 1.92. The van der Waals surface area contributed by atoms with Crippen LogP contribution in [0.25, 0.3) is 0 Å². The maximum absolute atomic E-state index is 7.82. The van der Waals surface area contributed by atoms with E-state index in [-0.39, 0.29) is 10.8 Å². The van der Waals surface area contributed by atoms with Crippen molar-refractivity contribution in [3.8, 4) is 0 Å². The van der Waals surface area contributed by atoms with Crippen molar-refractivity contribution in [2.24, 2.45) is 4.99 Å². The van der Waals surface area contributed by atoms with Crippen molar-refractivity contribution in [2.45, 2.75) is 52.4 Å². The highest BCUT2D eigenvalue weighted by molar-refractivity contribution is 8.11. The molecule has 0 amide bonds. The lowest BCUT2D eigenvalue weighted by atomic mass is 9.87. The average Bonchev–Trinajstić information content (AvgIpc) is 2.89. The molecular weight excluding hydrogens is 491 g/mol. The molecule has 0 aliphatic rings. The summed E-state index contributed by atoms with van der Waals surface area (Å²) in [5.74, 6) is 0. The van der Waals surface area contributed by atoms with Crippen LogP contribution in [0.3, 0.4) is 0 Å². The van der Waals surface area contributed by atoms with Gasteiger partial charge in [-0.3, -0.25) is 0 Å². The first kappa shape index (κ1) is 27.1. The second-order valence-corrected chi connectivity index (χ2v) is 15.5. The summed E-state index contributed by atoms with van der Waals surface area (Å²) in [5, 5.41) is 2.16. The molecule has 37 heavy (non-hydrogen) atoms. The van der Waals surface area contributed by atoms with Crippen LogP contribution in [0.15, 0.2) is 114 Å². The SMILES string of the molecule is CC(C)(C)c1ccc(N=CN(c2ccc(C(C)(C)C)cc2)[P+](Cl)(c2ccccc2)c2ccccc2)cc1. The van der Waals surface area contributed by atoms with Gasteiger partial charge in [-0.2, -0.15) is 4.67 Å². The molecule has 0 aliphatic heterocycles. The molecule has 0 heterocycles. The Hall–Kier alpha value is -2.93. The number of hydrogen-bond acceptors (Lipinski definition) is 1. The highest BCUT2D eigenvalue weighted by Gasteiger charge is 2.49. The fourth-order valence-corrected chi connectivity index (χ4v) is 7.86. The summed E-state index contributed by atoms with van der Waals surface area (Å²) in [7, 11) is 0. The third-order valence-electron chi connectivity index (χ3n) is 6.54. The van der Waals surface area contributed by atoms with E-state index in [1.165, 1.54) is 11.1 Å². The molecule has 0 fully saturated rings. The van der Waals surface area contributed by atoms with E-state index < -0.39 is 6.77 Å². The normalized spacial score (nSPS) is 12.6. The lowest BCUT2D eigenvalue weighted by Gasteiger charge is -2.29. The first-order valence-corrected chi connectivity index (χ1v) is 15.4. The van der Waals surface area contributed by atoms with Crippen LogP contribution in [0, 0.1) is 0 Å². The van der Waals surface area contributed by atoms with Crippen molar-refractivity contribution in [1.29, 1.82) is 0 Å². The average molecular weight is 528 g/mol. The van der Waals surface area contributed by atoms with Crippen molar-refractivity contribution in [1.82, 2.24) is 0 Å². The van der Waals surface area contributed by atoms with E-state index >= 15 is 0 Å². The summed E-state index contributed by atoms with van der Waals surface area (Å²) in [5.41, 5.74) is 4.64. The molecule has 0 aliphatic carbocycles. The molecule has 4 aromatic rings. The molecular formula is C33H37ClN2P+. The van der Waals surface area contributed by atoms with Gasteiger partial charge in [0.2, 0.25) is 0 Å². The van der Waals surface area contributed by atoms with Crippen molar-refractivity contribution in [3.05, 3.63) is 120 Å². The second-order valence-electron chi connectivity index (χ2n) is 11.4. The van der Waals surface area contributed by atoms with E-state index in [1.807, 2.05) is 18.5 Å². The van der Waals surface area contributed by atoms with E-state index in [9.17, 15) is 0 Å². The topological polar surface area (TPSA) is 15.6 Å². The van der Waals surface area contributed by atoms with Crippen molar-refractivity contribution in [3.63, 3.8) is 0 Å². The molecule has 4 heteroatoms. The summed E-state index contributed by atoms with van der Waals surface area (Å²) in [6.45, 7) is 10.8. The van der Waals surface area contributed by atoms with E-state index in [0.29, 0.717) is 0 Å². The Morgan fingerprint density at radius 3 is 1.41 bits per heavy atom. The minimum Gasteiger partial charge on any atom is -0.235 e. The third-order valence-corrected chi connectivity index (χ3v) is 11.1. The lowest BCUT2D eigenvalue weighted by molar-refractivity contribution is 0.590. The van der Waals surface area contributed by atoms with Gasteiger partial charge in [-0.25, -0.2) is 4.99 Å². The Balaban J connectivity index is 1.86. The van der Waals surface area contributed by atoms with Gasteiger partial charge < -0.3 is 0 Å². The van der Waals surface area contributed by atoms with Gasteiger partial charge in [0, 0.05) is 0 Å². The smallest absolute Gasteiger partial charge is 0.235 e. The Kier molecular flexibility index (Phi) is 7.93. The van der Waals surface area contributed by atoms with Gasteiger partial charge >= 0.3 is 0 Å². The summed E-state index contributed by atoms with van der Waals surface area (Å²) < 4.78 is 2.18. The molecule has 2 nitrogen and oxygen atoms in total. The molecule has 0 aromatic heterocycles. The summed E-state index contributed by atoms with van der Waals surface area (Å²) in [4.78, 5) is 4.94. The van der Waals surface area contributed by atoms with Gasteiger partial charge in [0.25, 0.3) is 6.77 Å². The number of hydrogen-bond donors (Lipinski definition) is 0. The molecule has 0 bridgehead atoms. The number of aliphatic imine (C=N–C) groups is 1. The zero-order chi connectivity index (χ0) is 26.7. The van der Waals surface area contributed by atoms with Crippen molar-refractivity contribution >= 4 is 46.3 Å². The Labute approximate surface area is 228 Å². The first-order chi connectivity index (χ1) is 17.5. The molecule has 190 valence electrons. The molecule has 0 saturated carbocycles. The van der Waals surface area contributed by atoms with Crippen LogP contribution in [0.1, 0.15) is 52.7 Å². The molecule has 0 spiro atoms. The van der Waals surface area contributed by atoms with Crippen LogP contribution in [0.4, 0.5) is 11.4 Å². The van der Waals surface area contributed by atoms with Crippen LogP contribution >= 0.6 is 18.0 Å². The molecule has 0 unspecified atom stereocenters. The third kappa shape index (κ3) is 6.15. The van der Waals surface area contributed by atoms with Gasteiger partial charge in [0.1, 0.15) is 28.2 Å². The van der Waals surface area contributed by atoms with Gasteiger partial charge in [-0.15, -0.1) is 0 Å². The minimum atomic E-state index is -2.58. The molecule has 0 radical (unpaired) electrons. The molecule has 0 N–H and O–H groups in total. The summed E-state index contributed by atoms with van der Waals surface area (Å²) >= 11 is 7.82. The first-order valence-electron chi connectivity index (χ1n) is 12.7. The number of halogens is 1. The number of rotatable bonds is 6. The fourth-order valence-electron chi connectivity index (χ4n) is 4.23.